The van der Waals surface area contributed by atoms with Crippen molar-refractivity contribution in [1.82, 2.24) is 25.1 Å². The maximum atomic E-state index is 12.4. The zero-order chi connectivity index (χ0) is 15.2. The quantitative estimate of drug-likeness (QED) is 0.861. The van der Waals surface area contributed by atoms with Crippen molar-refractivity contribution >= 4 is 10.0 Å². The van der Waals surface area contributed by atoms with Crippen molar-refractivity contribution in [2.24, 2.45) is 0 Å². The topological polar surface area (TPSA) is 114 Å². The molecule has 0 aromatic carbocycles. The van der Waals surface area contributed by atoms with E-state index in [1.54, 1.807) is 20.8 Å². The van der Waals surface area contributed by atoms with Gasteiger partial charge < -0.3 is 4.52 Å². The first-order valence-corrected chi connectivity index (χ1v) is 8.24. The van der Waals surface area contributed by atoms with E-state index in [-0.39, 0.29) is 10.8 Å². The van der Waals surface area contributed by atoms with Gasteiger partial charge in [-0.25, -0.2) is 8.42 Å². The third-order valence-electron chi connectivity index (χ3n) is 3.43. The molecule has 9 heteroatoms. The van der Waals surface area contributed by atoms with E-state index in [0.29, 0.717) is 23.1 Å². The number of hydrogen-bond donors (Lipinski definition) is 2. The molecular formula is C12H17N5O3S. The van der Waals surface area contributed by atoms with Crippen molar-refractivity contribution in [2.45, 2.75) is 50.5 Å². The Morgan fingerprint density at radius 1 is 1.38 bits per heavy atom. The average molecular weight is 311 g/mol. The van der Waals surface area contributed by atoms with E-state index in [2.05, 4.69) is 25.1 Å². The van der Waals surface area contributed by atoms with Crippen molar-refractivity contribution in [3.63, 3.8) is 0 Å². The van der Waals surface area contributed by atoms with E-state index in [1.807, 2.05) is 0 Å². The molecule has 3 rings (SSSR count). The lowest BCUT2D eigenvalue weighted by molar-refractivity contribution is 0.349. The molecule has 0 unspecified atom stereocenters. The molecule has 0 radical (unpaired) electrons. The lowest BCUT2D eigenvalue weighted by Gasteiger charge is -2.10. The Labute approximate surface area is 122 Å². The van der Waals surface area contributed by atoms with Crippen LogP contribution < -0.4 is 4.72 Å². The Kier molecular flexibility index (Phi) is 3.33. The Morgan fingerprint density at radius 2 is 2.10 bits per heavy atom. The summed E-state index contributed by atoms with van der Waals surface area (Å²) in [5, 5.41) is 10.5. The van der Waals surface area contributed by atoms with Crippen molar-refractivity contribution in [3.05, 3.63) is 23.1 Å². The molecule has 2 aromatic heterocycles. The first kappa shape index (κ1) is 14.2. The molecule has 0 amide bonds. The van der Waals surface area contributed by atoms with E-state index in [1.165, 1.54) is 0 Å². The average Bonchev–Trinajstić information content (AvgIpc) is 3.01. The highest BCUT2D eigenvalue weighted by Crippen LogP contribution is 2.38. The smallest absolute Gasteiger partial charge is 0.244 e. The third-order valence-corrected chi connectivity index (χ3v) is 5.23. The predicted octanol–water partition coefficient (Wildman–Crippen LogP) is 1.33. The number of aryl methyl sites for hydroxylation is 2. The number of hydrogen-bond acceptors (Lipinski definition) is 6. The maximum Gasteiger partial charge on any atom is 0.244 e. The van der Waals surface area contributed by atoms with Gasteiger partial charge in [0.05, 0.1) is 17.4 Å². The van der Waals surface area contributed by atoms with Crippen LogP contribution in [-0.4, -0.2) is 28.8 Å². The van der Waals surface area contributed by atoms with Gasteiger partial charge in [0.25, 0.3) is 0 Å². The number of nitrogens with one attached hydrogen (secondary N) is 2. The Morgan fingerprint density at radius 3 is 2.67 bits per heavy atom. The van der Waals surface area contributed by atoms with Gasteiger partial charge in [-0.2, -0.15) is 14.8 Å². The Balaban J connectivity index is 1.81. The standard InChI is InChI=1S/C12H17N5O3S/c1-6-10(7(2)15-14-6)21(18,19)17-8(3)12-13-11(16-20-12)9-4-5-9/h8-9,17H,4-5H2,1-3H3,(H,14,15)/t8-/m0/s1. The molecule has 1 aliphatic rings. The summed E-state index contributed by atoms with van der Waals surface area (Å²) in [5.74, 6) is 1.30. The van der Waals surface area contributed by atoms with E-state index in [9.17, 15) is 8.42 Å². The van der Waals surface area contributed by atoms with Crippen molar-refractivity contribution < 1.29 is 12.9 Å². The van der Waals surface area contributed by atoms with Gasteiger partial charge in [-0.15, -0.1) is 0 Å². The van der Waals surface area contributed by atoms with Crippen LogP contribution in [0.25, 0.3) is 0 Å². The maximum absolute atomic E-state index is 12.4. The van der Waals surface area contributed by atoms with Crippen molar-refractivity contribution in [1.29, 1.82) is 0 Å². The number of sulfonamides is 1. The van der Waals surface area contributed by atoms with Gasteiger partial charge in [-0.05, 0) is 33.6 Å². The first-order valence-electron chi connectivity index (χ1n) is 6.76. The molecule has 2 heterocycles. The van der Waals surface area contributed by atoms with Gasteiger partial charge >= 0.3 is 0 Å². The monoisotopic (exact) mass is 311 g/mol. The predicted molar refractivity (Wildman–Crippen MR) is 73.1 cm³/mol. The molecule has 0 aliphatic heterocycles. The molecule has 0 spiro atoms. The van der Waals surface area contributed by atoms with E-state index in [4.69, 9.17) is 4.52 Å². The molecule has 1 saturated carbocycles. The van der Waals surface area contributed by atoms with Gasteiger partial charge in [0.2, 0.25) is 15.9 Å². The van der Waals surface area contributed by atoms with Gasteiger partial charge in [-0.3, -0.25) is 5.10 Å². The van der Waals surface area contributed by atoms with Crippen molar-refractivity contribution in [3.8, 4) is 0 Å². The van der Waals surface area contributed by atoms with Gasteiger partial charge in [0.15, 0.2) is 5.82 Å². The van der Waals surface area contributed by atoms with Crippen molar-refractivity contribution in [2.75, 3.05) is 0 Å². The van der Waals surface area contributed by atoms with Gasteiger partial charge in [0, 0.05) is 5.92 Å². The van der Waals surface area contributed by atoms with E-state index >= 15 is 0 Å². The highest BCUT2D eigenvalue weighted by Gasteiger charge is 2.31. The molecule has 2 N–H and O–H groups in total. The van der Waals surface area contributed by atoms with Crippen LogP contribution in [0.4, 0.5) is 0 Å². The van der Waals surface area contributed by atoms with Gasteiger partial charge in [0.1, 0.15) is 4.90 Å². The minimum Gasteiger partial charge on any atom is -0.338 e. The summed E-state index contributed by atoms with van der Waals surface area (Å²) in [7, 11) is -3.69. The first-order chi connectivity index (χ1) is 9.88. The second-order valence-corrected chi connectivity index (χ2v) is 7.02. The van der Waals surface area contributed by atoms with Crippen LogP contribution in [0.3, 0.4) is 0 Å². The lowest BCUT2D eigenvalue weighted by atomic mass is 10.3. The molecule has 0 bridgehead atoms. The molecule has 21 heavy (non-hydrogen) atoms. The minimum atomic E-state index is -3.69. The van der Waals surface area contributed by atoms with Crippen LogP contribution in [0.2, 0.25) is 0 Å². The molecule has 8 nitrogen and oxygen atoms in total. The lowest BCUT2D eigenvalue weighted by Crippen LogP contribution is -2.28. The number of aromatic nitrogens is 4. The summed E-state index contributed by atoms with van der Waals surface area (Å²) in [5.41, 5.74) is 0.924. The molecule has 2 aromatic rings. The molecule has 114 valence electrons. The second-order valence-electron chi connectivity index (χ2n) is 5.37. The fraction of sp³-hybridized carbons (Fsp3) is 0.583. The number of nitrogens with zero attached hydrogens (tertiary/aromatic N) is 3. The SMILES string of the molecule is Cc1n[nH]c(C)c1S(=O)(=O)N[C@@H](C)c1nc(C2CC2)no1. The summed E-state index contributed by atoms with van der Waals surface area (Å²) in [6.07, 6.45) is 2.12. The molecular weight excluding hydrogens is 294 g/mol. The summed E-state index contributed by atoms with van der Waals surface area (Å²) < 4.78 is 32.5. The fourth-order valence-corrected chi connectivity index (χ4v) is 3.78. The highest BCUT2D eigenvalue weighted by molar-refractivity contribution is 7.89. The minimum absolute atomic E-state index is 0.163. The summed E-state index contributed by atoms with van der Waals surface area (Å²) in [6.45, 7) is 4.98. The molecule has 1 aliphatic carbocycles. The van der Waals surface area contributed by atoms with Crippen LogP contribution in [0.5, 0.6) is 0 Å². The molecule has 1 atom stereocenters. The fourth-order valence-electron chi connectivity index (χ4n) is 2.21. The summed E-state index contributed by atoms with van der Waals surface area (Å²) in [4.78, 5) is 4.42. The van der Waals surface area contributed by atoms with Crippen LogP contribution in [0, 0.1) is 13.8 Å². The number of H-pyrrole nitrogens is 1. The van der Waals surface area contributed by atoms with Crippen LogP contribution in [-0.2, 0) is 10.0 Å². The van der Waals surface area contributed by atoms with E-state index < -0.39 is 16.1 Å². The second kappa shape index (κ2) is 4.92. The molecule has 0 saturated heterocycles. The zero-order valence-electron chi connectivity index (χ0n) is 12.0. The Bertz CT molecular complexity index is 740. The van der Waals surface area contributed by atoms with Crippen LogP contribution in [0.15, 0.2) is 9.42 Å². The van der Waals surface area contributed by atoms with Crippen LogP contribution >= 0.6 is 0 Å². The van der Waals surface area contributed by atoms with Gasteiger partial charge in [-0.1, -0.05) is 5.16 Å². The summed E-state index contributed by atoms with van der Waals surface area (Å²) in [6, 6.07) is -0.594. The highest BCUT2D eigenvalue weighted by atomic mass is 32.2. The number of aromatic amines is 1. The third kappa shape index (κ3) is 2.70. The normalized spacial score (nSPS) is 17.1. The largest absolute Gasteiger partial charge is 0.338 e. The Hall–Kier alpha value is -1.74. The number of rotatable bonds is 5. The summed E-state index contributed by atoms with van der Waals surface area (Å²) >= 11 is 0. The zero-order valence-corrected chi connectivity index (χ0v) is 12.9. The molecule has 1 fully saturated rings. The van der Waals surface area contributed by atoms with E-state index in [0.717, 1.165) is 12.8 Å². The van der Waals surface area contributed by atoms with Crippen LogP contribution in [0.1, 0.15) is 54.8 Å².